The van der Waals surface area contributed by atoms with Crippen LogP contribution in [0.15, 0.2) is 18.2 Å². The second kappa shape index (κ2) is 9.68. The fourth-order valence-corrected chi connectivity index (χ4v) is 2.52. The Morgan fingerprint density at radius 3 is 2.62 bits per heavy atom. The van der Waals surface area contributed by atoms with Crippen LogP contribution in [0.2, 0.25) is 5.02 Å². The molecule has 6 heteroatoms. The van der Waals surface area contributed by atoms with Gasteiger partial charge in [-0.25, -0.2) is 0 Å². The topological polar surface area (TPSA) is 58.2 Å². The fourth-order valence-electron chi connectivity index (χ4n) is 1.65. The van der Waals surface area contributed by atoms with Crippen LogP contribution in [-0.4, -0.2) is 29.9 Å². The third-order valence-electron chi connectivity index (χ3n) is 2.78. The van der Waals surface area contributed by atoms with Crippen LogP contribution in [0.4, 0.5) is 5.69 Å². The molecule has 0 fully saturated rings. The normalized spacial score (nSPS) is 10.2. The number of benzene rings is 1. The molecule has 0 bridgehead atoms. The van der Waals surface area contributed by atoms with Gasteiger partial charge in [-0.1, -0.05) is 24.9 Å². The molecule has 0 radical (unpaired) electrons. The predicted molar refractivity (Wildman–Crippen MR) is 90.1 cm³/mol. The number of amides is 2. The second-order valence-corrected chi connectivity index (χ2v) is 6.13. The molecule has 0 aliphatic carbocycles. The van der Waals surface area contributed by atoms with Crippen LogP contribution in [0, 0.1) is 6.92 Å². The van der Waals surface area contributed by atoms with Crippen LogP contribution >= 0.6 is 23.4 Å². The average molecular weight is 329 g/mol. The number of carbonyl (C=O) groups excluding carboxylic acids is 2. The molecule has 2 amide bonds. The predicted octanol–water partition coefficient (Wildman–Crippen LogP) is 3.24. The number of unbranched alkanes of at least 4 members (excludes halogenated alkanes) is 1. The minimum Gasteiger partial charge on any atom is -0.355 e. The van der Waals surface area contributed by atoms with E-state index in [1.165, 1.54) is 11.8 Å². The Bertz CT molecular complexity index is 495. The molecule has 2 N–H and O–H groups in total. The van der Waals surface area contributed by atoms with Crippen LogP contribution in [0.3, 0.4) is 0 Å². The van der Waals surface area contributed by atoms with Crippen molar-refractivity contribution in [2.24, 2.45) is 0 Å². The molecule has 0 aliphatic heterocycles. The zero-order chi connectivity index (χ0) is 15.7. The molecule has 0 unspecified atom stereocenters. The quantitative estimate of drug-likeness (QED) is 0.720. The van der Waals surface area contributed by atoms with Gasteiger partial charge in [0, 0.05) is 17.3 Å². The Labute approximate surface area is 135 Å². The summed E-state index contributed by atoms with van der Waals surface area (Å²) in [7, 11) is 0. The van der Waals surface area contributed by atoms with Gasteiger partial charge in [-0.05, 0) is 37.1 Å². The Balaban J connectivity index is 2.26. The summed E-state index contributed by atoms with van der Waals surface area (Å²) in [6, 6.07) is 5.31. The number of anilines is 1. The van der Waals surface area contributed by atoms with Gasteiger partial charge >= 0.3 is 0 Å². The first-order valence-electron chi connectivity index (χ1n) is 6.93. The highest BCUT2D eigenvalue weighted by Gasteiger charge is 2.07. The second-order valence-electron chi connectivity index (χ2n) is 4.70. The lowest BCUT2D eigenvalue weighted by atomic mass is 10.2. The third-order valence-corrected chi connectivity index (χ3v) is 3.95. The van der Waals surface area contributed by atoms with Gasteiger partial charge in [-0.15, -0.1) is 11.8 Å². The van der Waals surface area contributed by atoms with Gasteiger partial charge in [0.05, 0.1) is 11.5 Å². The first-order chi connectivity index (χ1) is 10.0. The molecule has 116 valence electrons. The Morgan fingerprint density at radius 2 is 1.95 bits per heavy atom. The van der Waals surface area contributed by atoms with E-state index in [2.05, 4.69) is 17.6 Å². The van der Waals surface area contributed by atoms with Crippen molar-refractivity contribution in [2.75, 3.05) is 23.4 Å². The van der Waals surface area contributed by atoms with E-state index in [1.807, 2.05) is 6.92 Å². The summed E-state index contributed by atoms with van der Waals surface area (Å²) in [5.41, 5.74) is 1.66. The maximum atomic E-state index is 11.8. The molecule has 0 heterocycles. The summed E-state index contributed by atoms with van der Waals surface area (Å²) >= 11 is 7.17. The van der Waals surface area contributed by atoms with E-state index in [4.69, 9.17) is 11.6 Å². The largest absolute Gasteiger partial charge is 0.355 e. The van der Waals surface area contributed by atoms with E-state index in [1.54, 1.807) is 18.2 Å². The lowest BCUT2D eigenvalue weighted by molar-refractivity contribution is -0.118. The maximum Gasteiger partial charge on any atom is 0.234 e. The molecule has 4 nitrogen and oxygen atoms in total. The number of aryl methyl sites for hydroxylation is 1. The van der Waals surface area contributed by atoms with Crippen LogP contribution in [0.25, 0.3) is 0 Å². The number of carbonyl (C=O) groups is 2. The Hall–Kier alpha value is -1.20. The van der Waals surface area contributed by atoms with Gasteiger partial charge in [0.2, 0.25) is 11.8 Å². The van der Waals surface area contributed by atoms with E-state index >= 15 is 0 Å². The minimum absolute atomic E-state index is 0.0241. The molecule has 0 spiro atoms. The monoisotopic (exact) mass is 328 g/mol. The van der Waals surface area contributed by atoms with Crippen LogP contribution in [0.5, 0.6) is 0 Å². The van der Waals surface area contributed by atoms with Gasteiger partial charge in [-0.3, -0.25) is 9.59 Å². The van der Waals surface area contributed by atoms with Gasteiger partial charge in [0.15, 0.2) is 0 Å². The van der Waals surface area contributed by atoms with Crippen molar-refractivity contribution >= 4 is 40.9 Å². The Morgan fingerprint density at radius 1 is 1.24 bits per heavy atom. The van der Waals surface area contributed by atoms with Gasteiger partial charge in [0.25, 0.3) is 0 Å². The number of hydrogen-bond donors (Lipinski definition) is 2. The Kier molecular flexibility index (Phi) is 8.23. The number of halogens is 1. The summed E-state index contributed by atoms with van der Waals surface area (Å²) in [6.45, 7) is 4.66. The van der Waals surface area contributed by atoms with Crippen molar-refractivity contribution < 1.29 is 9.59 Å². The molecule has 1 aromatic rings. The molecule has 0 saturated carbocycles. The number of nitrogens with one attached hydrogen (secondary N) is 2. The standard InChI is InChI=1S/C15H21ClN2O2S/c1-3-4-7-17-14(19)9-21-10-15(20)18-13-6-5-12(16)8-11(13)2/h5-6,8H,3-4,7,9-10H2,1-2H3,(H,17,19)(H,18,20). The molecule has 0 aliphatic rings. The van der Waals surface area contributed by atoms with Crippen molar-refractivity contribution in [3.05, 3.63) is 28.8 Å². The molecular weight excluding hydrogens is 308 g/mol. The molecule has 0 saturated heterocycles. The average Bonchev–Trinajstić information content (AvgIpc) is 2.42. The van der Waals surface area contributed by atoms with E-state index in [9.17, 15) is 9.59 Å². The van der Waals surface area contributed by atoms with Crippen molar-refractivity contribution in [1.29, 1.82) is 0 Å². The van der Waals surface area contributed by atoms with Gasteiger partial charge < -0.3 is 10.6 Å². The van der Waals surface area contributed by atoms with E-state index in [0.717, 1.165) is 24.1 Å². The van der Waals surface area contributed by atoms with Gasteiger partial charge in [0.1, 0.15) is 0 Å². The molecule has 0 aromatic heterocycles. The summed E-state index contributed by atoms with van der Waals surface area (Å²) in [5.74, 6) is 0.413. The lowest BCUT2D eigenvalue weighted by Crippen LogP contribution is -2.27. The summed E-state index contributed by atoms with van der Waals surface area (Å²) < 4.78 is 0. The van der Waals surface area contributed by atoms with Gasteiger partial charge in [-0.2, -0.15) is 0 Å². The van der Waals surface area contributed by atoms with Crippen molar-refractivity contribution in [2.45, 2.75) is 26.7 Å². The number of hydrogen-bond acceptors (Lipinski definition) is 3. The van der Waals surface area contributed by atoms with Crippen molar-refractivity contribution in [3.63, 3.8) is 0 Å². The lowest BCUT2D eigenvalue weighted by Gasteiger charge is -2.08. The first kappa shape index (κ1) is 17.9. The van der Waals surface area contributed by atoms with E-state index in [-0.39, 0.29) is 17.6 Å². The first-order valence-corrected chi connectivity index (χ1v) is 8.46. The summed E-state index contributed by atoms with van der Waals surface area (Å²) in [5, 5.41) is 6.27. The zero-order valence-corrected chi connectivity index (χ0v) is 13.9. The van der Waals surface area contributed by atoms with E-state index < -0.39 is 0 Å². The van der Waals surface area contributed by atoms with Crippen molar-refractivity contribution in [3.8, 4) is 0 Å². The van der Waals surface area contributed by atoms with E-state index in [0.29, 0.717) is 17.3 Å². The molecule has 1 rings (SSSR count). The molecule has 0 atom stereocenters. The van der Waals surface area contributed by atoms with Crippen molar-refractivity contribution in [1.82, 2.24) is 5.32 Å². The van der Waals surface area contributed by atoms with Crippen LogP contribution < -0.4 is 10.6 Å². The number of rotatable bonds is 8. The SMILES string of the molecule is CCCCNC(=O)CSCC(=O)Nc1ccc(Cl)cc1C. The smallest absolute Gasteiger partial charge is 0.234 e. The highest BCUT2D eigenvalue weighted by Crippen LogP contribution is 2.19. The maximum absolute atomic E-state index is 11.8. The minimum atomic E-state index is -0.119. The molecule has 21 heavy (non-hydrogen) atoms. The van der Waals surface area contributed by atoms with Crippen LogP contribution in [0.1, 0.15) is 25.3 Å². The zero-order valence-electron chi connectivity index (χ0n) is 12.4. The molecule has 1 aromatic carbocycles. The summed E-state index contributed by atoms with van der Waals surface area (Å²) in [4.78, 5) is 23.3. The highest BCUT2D eigenvalue weighted by molar-refractivity contribution is 8.00. The summed E-state index contributed by atoms with van der Waals surface area (Å²) in [6.07, 6.45) is 2.03. The third kappa shape index (κ3) is 7.39. The fraction of sp³-hybridized carbons (Fsp3) is 0.467. The highest BCUT2D eigenvalue weighted by atomic mass is 35.5. The van der Waals surface area contributed by atoms with Crippen LogP contribution in [-0.2, 0) is 9.59 Å². The number of thioether (sulfide) groups is 1. The molecular formula is C15H21ClN2O2S.